The molecular weight excluding hydrogens is 252 g/mol. The van der Waals surface area contributed by atoms with E-state index in [0.717, 1.165) is 5.69 Å². The Balaban J connectivity index is 1.82. The van der Waals surface area contributed by atoms with Crippen LogP contribution in [0.4, 0.5) is 0 Å². The Labute approximate surface area is 117 Å². The fourth-order valence-electron chi connectivity index (χ4n) is 1.98. The van der Waals surface area contributed by atoms with Gasteiger partial charge in [0, 0.05) is 23.0 Å². The molecule has 0 unspecified atom stereocenters. The van der Waals surface area contributed by atoms with Gasteiger partial charge in [0.2, 0.25) is 0 Å². The summed E-state index contributed by atoms with van der Waals surface area (Å²) in [5.41, 5.74) is 2.33. The Bertz CT molecular complexity index is 657. The Kier molecular flexibility index (Phi) is 3.38. The van der Waals surface area contributed by atoms with Gasteiger partial charge in [0.25, 0.3) is 0 Å². The zero-order valence-electron chi connectivity index (χ0n) is 10.7. The number of aryl methyl sites for hydroxylation is 1. The van der Waals surface area contributed by atoms with Crippen LogP contribution in [0.15, 0.2) is 76.7 Å². The monoisotopic (exact) mass is 266 g/mol. The highest BCUT2D eigenvalue weighted by Gasteiger charge is 2.02. The van der Waals surface area contributed by atoms with E-state index in [1.165, 1.54) is 15.4 Å². The van der Waals surface area contributed by atoms with Gasteiger partial charge in [-0.1, -0.05) is 42.1 Å². The van der Waals surface area contributed by atoms with Gasteiger partial charge in [-0.25, -0.2) is 0 Å². The fourth-order valence-corrected chi connectivity index (χ4v) is 2.81. The molecular formula is C16H14N2S. The lowest BCUT2D eigenvalue weighted by atomic mass is 10.1. The summed E-state index contributed by atoms with van der Waals surface area (Å²) in [6.45, 7) is 0. The molecule has 0 spiro atoms. The van der Waals surface area contributed by atoms with E-state index in [9.17, 15) is 0 Å². The first-order chi connectivity index (χ1) is 9.33. The molecule has 0 saturated heterocycles. The lowest BCUT2D eigenvalue weighted by Crippen LogP contribution is -1.92. The van der Waals surface area contributed by atoms with Crippen molar-refractivity contribution in [2.24, 2.45) is 7.05 Å². The van der Waals surface area contributed by atoms with Gasteiger partial charge in [-0.05, 0) is 35.9 Å². The Morgan fingerprint density at radius 2 is 1.53 bits per heavy atom. The van der Waals surface area contributed by atoms with Gasteiger partial charge < -0.3 is 0 Å². The molecule has 2 nitrogen and oxygen atoms in total. The molecule has 2 aromatic carbocycles. The number of nitrogens with zero attached hydrogens (tertiary/aromatic N) is 2. The van der Waals surface area contributed by atoms with Crippen molar-refractivity contribution >= 4 is 11.8 Å². The molecule has 3 heteroatoms. The van der Waals surface area contributed by atoms with E-state index in [0.29, 0.717) is 0 Å². The van der Waals surface area contributed by atoms with Crippen molar-refractivity contribution in [1.29, 1.82) is 0 Å². The van der Waals surface area contributed by atoms with E-state index in [4.69, 9.17) is 0 Å². The lowest BCUT2D eigenvalue weighted by molar-refractivity contribution is 0.776. The largest absolute Gasteiger partial charge is 0.268 e. The van der Waals surface area contributed by atoms with Gasteiger partial charge in [-0.3, -0.25) is 4.68 Å². The van der Waals surface area contributed by atoms with Crippen LogP contribution < -0.4 is 0 Å². The molecule has 1 heterocycles. The Hall–Kier alpha value is -2.00. The van der Waals surface area contributed by atoms with Crippen LogP contribution in [0.25, 0.3) is 11.3 Å². The zero-order chi connectivity index (χ0) is 13.1. The van der Waals surface area contributed by atoms with Crippen molar-refractivity contribution in [3.63, 3.8) is 0 Å². The summed E-state index contributed by atoms with van der Waals surface area (Å²) in [6.07, 6.45) is 1.82. The SMILES string of the molecule is Cn1nccc1-c1ccc(Sc2ccccc2)cc1. The molecule has 0 aliphatic rings. The highest BCUT2D eigenvalue weighted by Crippen LogP contribution is 2.29. The summed E-state index contributed by atoms with van der Waals surface area (Å²) in [7, 11) is 1.96. The Morgan fingerprint density at radius 1 is 0.842 bits per heavy atom. The minimum atomic E-state index is 1.14. The second-order valence-corrected chi connectivity index (χ2v) is 5.43. The highest BCUT2D eigenvalue weighted by molar-refractivity contribution is 7.99. The minimum absolute atomic E-state index is 1.14. The number of rotatable bonds is 3. The average molecular weight is 266 g/mol. The average Bonchev–Trinajstić information content (AvgIpc) is 2.87. The van der Waals surface area contributed by atoms with Crippen molar-refractivity contribution in [3.8, 4) is 11.3 Å². The van der Waals surface area contributed by atoms with Gasteiger partial charge in [-0.15, -0.1) is 0 Å². The van der Waals surface area contributed by atoms with Crippen molar-refractivity contribution < 1.29 is 0 Å². The van der Waals surface area contributed by atoms with E-state index in [-0.39, 0.29) is 0 Å². The number of hydrogen-bond acceptors (Lipinski definition) is 2. The van der Waals surface area contributed by atoms with Crippen LogP contribution in [-0.2, 0) is 7.05 Å². The minimum Gasteiger partial charge on any atom is -0.268 e. The van der Waals surface area contributed by atoms with Crippen molar-refractivity contribution in [1.82, 2.24) is 9.78 Å². The first kappa shape index (κ1) is 12.1. The van der Waals surface area contributed by atoms with Crippen LogP contribution in [0.3, 0.4) is 0 Å². The third-order valence-corrected chi connectivity index (χ3v) is 3.97. The van der Waals surface area contributed by atoms with Gasteiger partial charge in [0.15, 0.2) is 0 Å². The standard InChI is InChI=1S/C16H14N2S/c1-18-16(11-12-17-18)13-7-9-15(10-8-13)19-14-5-3-2-4-6-14/h2-12H,1H3. The van der Waals surface area contributed by atoms with E-state index in [2.05, 4.69) is 53.6 Å². The normalized spacial score (nSPS) is 10.6. The summed E-state index contributed by atoms with van der Waals surface area (Å²) in [4.78, 5) is 2.51. The summed E-state index contributed by atoms with van der Waals surface area (Å²) in [5.74, 6) is 0. The maximum atomic E-state index is 4.19. The van der Waals surface area contributed by atoms with Gasteiger partial charge >= 0.3 is 0 Å². The van der Waals surface area contributed by atoms with Gasteiger partial charge in [-0.2, -0.15) is 5.10 Å². The number of aromatic nitrogens is 2. The molecule has 0 aliphatic carbocycles. The quantitative estimate of drug-likeness (QED) is 0.705. The smallest absolute Gasteiger partial charge is 0.0678 e. The highest BCUT2D eigenvalue weighted by atomic mass is 32.2. The van der Waals surface area contributed by atoms with Crippen LogP contribution in [0, 0.1) is 0 Å². The van der Waals surface area contributed by atoms with E-state index >= 15 is 0 Å². The van der Waals surface area contributed by atoms with E-state index < -0.39 is 0 Å². The van der Waals surface area contributed by atoms with Crippen molar-refractivity contribution in [2.75, 3.05) is 0 Å². The van der Waals surface area contributed by atoms with Gasteiger partial charge in [0.1, 0.15) is 0 Å². The summed E-state index contributed by atoms with van der Waals surface area (Å²) in [6, 6.07) is 21.0. The van der Waals surface area contributed by atoms with Crippen LogP contribution in [0.5, 0.6) is 0 Å². The molecule has 0 atom stereocenters. The number of hydrogen-bond donors (Lipinski definition) is 0. The topological polar surface area (TPSA) is 17.8 Å². The van der Waals surface area contributed by atoms with Crippen LogP contribution in [0.1, 0.15) is 0 Å². The third-order valence-electron chi connectivity index (χ3n) is 2.95. The zero-order valence-corrected chi connectivity index (χ0v) is 11.5. The molecule has 0 aliphatic heterocycles. The molecule has 3 aromatic rings. The second-order valence-electron chi connectivity index (χ2n) is 4.28. The molecule has 0 radical (unpaired) electrons. The van der Waals surface area contributed by atoms with Crippen LogP contribution >= 0.6 is 11.8 Å². The maximum absolute atomic E-state index is 4.19. The molecule has 94 valence electrons. The Morgan fingerprint density at radius 3 is 2.16 bits per heavy atom. The summed E-state index contributed by atoms with van der Waals surface area (Å²) >= 11 is 1.78. The maximum Gasteiger partial charge on any atom is 0.0678 e. The molecule has 1 aromatic heterocycles. The first-order valence-corrected chi connectivity index (χ1v) is 6.96. The van der Waals surface area contributed by atoms with Gasteiger partial charge in [0.05, 0.1) is 5.69 Å². The molecule has 0 saturated carbocycles. The predicted octanol–water partition coefficient (Wildman–Crippen LogP) is 4.24. The van der Waals surface area contributed by atoms with E-state index in [1.807, 2.05) is 30.1 Å². The predicted molar refractivity (Wildman–Crippen MR) is 79.2 cm³/mol. The molecule has 0 fully saturated rings. The fraction of sp³-hybridized carbons (Fsp3) is 0.0625. The first-order valence-electron chi connectivity index (χ1n) is 6.14. The van der Waals surface area contributed by atoms with Crippen molar-refractivity contribution in [3.05, 3.63) is 66.9 Å². The van der Waals surface area contributed by atoms with Crippen molar-refractivity contribution in [2.45, 2.75) is 9.79 Å². The molecule has 19 heavy (non-hydrogen) atoms. The second kappa shape index (κ2) is 5.33. The summed E-state index contributed by atoms with van der Waals surface area (Å²) < 4.78 is 1.89. The lowest BCUT2D eigenvalue weighted by Gasteiger charge is -2.04. The van der Waals surface area contributed by atoms with Crippen LogP contribution in [-0.4, -0.2) is 9.78 Å². The molecule has 0 amide bonds. The third kappa shape index (κ3) is 2.71. The molecule has 0 bridgehead atoms. The van der Waals surface area contributed by atoms with E-state index in [1.54, 1.807) is 11.8 Å². The molecule has 0 N–H and O–H groups in total. The number of benzene rings is 2. The van der Waals surface area contributed by atoms with Crippen LogP contribution in [0.2, 0.25) is 0 Å². The summed E-state index contributed by atoms with van der Waals surface area (Å²) in [5, 5.41) is 4.19. The molecule has 3 rings (SSSR count).